The summed E-state index contributed by atoms with van der Waals surface area (Å²) in [5.41, 5.74) is 0.891. The van der Waals surface area contributed by atoms with Gasteiger partial charge in [-0.15, -0.1) is 0 Å². The second kappa shape index (κ2) is 9.07. The molecule has 5 heteroatoms. The topological polar surface area (TPSA) is 75.6 Å². The van der Waals surface area contributed by atoms with Gasteiger partial charge in [0, 0.05) is 6.04 Å². The number of carboxylic acids is 1. The van der Waals surface area contributed by atoms with Crippen LogP contribution in [0.15, 0.2) is 30.3 Å². The molecular formula is C17H25NO4. The van der Waals surface area contributed by atoms with Crippen molar-refractivity contribution in [1.29, 1.82) is 0 Å². The lowest BCUT2D eigenvalue weighted by Crippen LogP contribution is -2.41. The second-order valence-corrected chi connectivity index (χ2v) is 6.02. The number of carbonyl (C=O) groups excluding carboxylic acids is 1. The molecular weight excluding hydrogens is 282 g/mol. The van der Waals surface area contributed by atoms with E-state index in [0.29, 0.717) is 5.92 Å². The standard InChI is InChI=1S/C17H25NO4/c1-12(2)9-13(3)15(10-16(19)20)18-17(21)22-11-14-7-5-4-6-8-14/h4-8,12-13,15H,9-11H2,1-3H3,(H,18,21)(H,19,20). The van der Waals surface area contributed by atoms with Crippen molar-refractivity contribution in [2.24, 2.45) is 11.8 Å². The lowest BCUT2D eigenvalue weighted by atomic mass is 9.90. The van der Waals surface area contributed by atoms with Crippen LogP contribution >= 0.6 is 0 Å². The van der Waals surface area contributed by atoms with Crippen LogP contribution in [0.2, 0.25) is 0 Å². The van der Waals surface area contributed by atoms with Gasteiger partial charge in [-0.2, -0.15) is 0 Å². The van der Waals surface area contributed by atoms with E-state index in [4.69, 9.17) is 9.84 Å². The van der Waals surface area contributed by atoms with Crippen molar-refractivity contribution in [1.82, 2.24) is 5.32 Å². The molecule has 1 rings (SSSR count). The third-order valence-electron chi connectivity index (χ3n) is 3.44. The Kier molecular flexibility index (Phi) is 7.43. The number of rotatable bonds is 8. The number of ether oxygens (including phenoxy) is 1. The SMILES string of the molecule is CC(C)CC(C)C(CC(=O)O)NC(=O)OCc1ccccc1. The summed E-state index contributed by atoms with van der Waals surface area (Å²) in [6.45, 7) is 6.26. The molecule has 0 aromatic heterocycles. The van der Waals surface area contributed by atoms with E-state index in [1.807, 2.05) is 37.3 Å². The number of aliphatic carboxylic acids is 1. The number of amides is 1. The third-order valence-corrected chi connectivity index (χ3v) is 3.44. The first-order valence-corrected chi connectivity index (χ1v) is 7.57. The summed E-state index contributed by atoms with van der Waals surface area (Å²) in [5, 5.41) is 11.7. The highest BCUT2D eigenvalue weighted by Gasteiger charge is 2.23. The van der Waals surface area contributed by atoms with Crippen LogP contribution < -0.4 is 5.32 Å². The smallest absolute Gasteiger partial charge is 0.407 e. The van der Waals surface area contributed by atoms with Crippen molar-refractivity contribution in [2.45, 2.75) is 46.3 Å². The fraction of sp³-hybridized carbons (Fsp3) is 0.529. The molecule has 5 nitrogen and oxygen atoms in total. The molecule has 1 aromatic rings. The van der Waals surface area contributed by atoms with E-state index in [0.717, 1.165) is 12.0 Å². The van der Waals surface area contributed by atoms with E-state index < -0.39 is 18.1 Å². The molecule has 0 spiro atoms. The highest BCUT2D eigenvalue weighted by Crippen LogP contribution is 2.17. The van der Waals surface area contributed by atoms with Crippen LogP contribution in [-0.2, 0) is 16.1 Å². The van der Waals surface area contributed by atoms with E-state index in [9.17, 15) is 9.59 Å². The van der Waals surface area contributed by atoms with Gasteiger partial charge in [-0.25, -0.2) is 4.79 Å². The van der Waals surface area contributed by atoms with Gasteiger partial charge < -0.3 is 15.2 Å². The average Bonchev–Trinajstić information content (AvgIpc) is 2.44. The summed E-state index contributed by atoms with van der Waals surface area (Å²) in [5.74, 6) is -0.419. The molecule has 0 radical (unpaired) electrons. The lowest BCUT2D eigenvalue weighted by Gasteiger charge is -2.24. The largest absolute Gasteiger partial charge is 0.481 e. The number of carbonyl (C=O) groups is 2. The summed E-state index contributed by atoms with van der Waals surface area (Å²) in [6, 6.07) is 8.93. The summed E-state index contributed by atoms with van der Waals surface area (Å²) in [4.78, 5) is 22.8. The Morgan fingerprint density at radius 1 is 1.18 bits per heavy atom. The maximum absolute atomic E-state index is 11.9. The van der Waals surface area contributed by atoms with Gasteiger partial charge in [0.05, 0.1) is 6.42 Å². The van der Waals surface area contributed by atoms with Gasteiger partial charge in [-0.1, -0.05) is 51.1 Å². The number of hydrogen-bond acceptors (Lipinski definition) is 3. The second-order valence-electron chi connectivity index (χ2n) is 6.02. The van der Waals surface area contributed by atoms with Gasteiger partial charge in [0.25, 0.3) is 0 Å². The fourth-order valence-corrected chi connectivity index (χ4v) is 2.41. The number of benzene rings is 1. The van der Waals surface area contributed by atoms with Gasteiger partial charge in [0.2, 0.25) is 0 Å². The quantitative estimate of drug-likeness (QED) is 0.771. The van der Waals surface area contributed by atoms with Crippen molar-refractivity contribution < 1.29 is 19.4 Å². The zero-order valence-electron chi connectivity index (χ0n) is 13.4. The molecule has 2 N–H and O–H groups in total. The van der Waals surface area contributed by atoms with Crippen LogP contribution in [-0.4, -0.2) is 23.2 Å². The molecule has 2 unspecified atom stereocenters. The van der Waals surface area contributed by atoms with E-state index in [1.54, 1.807) is 0 Å². The molecule has 2 atom stereocenters. The average molecular weight is 307 g/mol. The van der Waals surface area contributed by atoms with Crippen LogP contribution in [0.3, 0.4) is 0 Å². The monoisotopic (exact) mass is 307 g/mol. The molecule has 0 bridgehead atoms. The van der Waals surface area contributed by atoms with E-state index in [-0.39, 0.29) is 18.9 Å². The molecule has 22 heavy (non-hydrogen) atoms. The molecule has 0 aliphatic carbocycles. The fourth-order valence-electron chi connectivity index (χ4n) is 2.41. The predicted molar refractivity (Wildman–Crippen MR) is 84.4 cm³/mol. The maximum Gasteiger partial charge on any atom is 0.407 e. The minimum absolute atomic E-state index is 0.0698. The lowest BCUT2D eigenvalue weighted by molar-refractivity contribution is -0.137. The Labute approximate surface area is 131 Å². The van der Waals surface area contributed by atoms with E-state index >= 15 is 0 Å². The molecule has 1 aromatic carbocycles. The van der Waals surface area contributed by atoms with Gasteiger partial charge >= 0.3 is 12.1 Å². The van der Waals surface area contributed by atoms with Crippen molar-refractivity contribution in [3.8, 4) is 0 Å². The molecule has 0 aliphatic rings. The van der Waals surface area contributed by atoms with Gasteiger partial charge in [0.1, 0.15) is 6.61 Å². The molecule has 122 valence electrons. The van der Waals surface area contributed by atoms with Crippen LogP contribution in [0, 0.1) is 11.8 Å². The first kappa shape index (κ1) is 18.0. The van der Waals surface area contributed by atoms with Crippen molar-refractivity contribution in [3.05, 3.63) is 35.9 Å². The summed E-state index contributed by atoms with van der Waals surface area (Å²) in [6.07, 6.45) is 0.163. The number of alkyl carbamates (subject to hydrolysis) is 1. The van der Waals surface area contributed by atoms with E-state index in [1.165, 1.54) is 0 Å². The van der Waals surface area contributed by atoms with Crippen LogP contribution in [0.1, 0.15) is 39.2 Å². The number of carboxylic acid groups (broad SMARTS) is 1. The summed E-state index contributed by atoms with van der Waals surface area (Å²) >= 11 is 0. The summed E-state index contributed by atoms with van der Waals surface area (Å²) < 4.78 is 5.15. The van der Waals surface area contributed by atoms with Crippen LogP contribution in [0.25, 0.3) is 0 Å². The van der Waals surface area contributed by atoms with Gasteiger partial charge in [0.15, 0.2) is 0 Å². The minimum atomic E-state index is -0.927. The van der Waals surface area contributed by atoms with Crippen molar-refractivity contribution in [3.63, 3.8) is 0 Å². The third kappa shape index (κ3) is 7.11. The van der Waals surface area contributed by atoms with Crippen molar-refractivity contribution >= 4 is 12.1 Å². The molecule has 0 heterocycles. The zero-order valence-corrected chi connectivity index (χ0v) is 13.4. The van der Waals surface area contributed by atoms with Gasteiger partial charge in [-0.05, 0) is 23.8 Å². The predicted octanol–water partition coefficient (Wildman–Crippen LogP) is 3.44. The van der Waals surface area contributed by atoms with Crippen LogP contribution in [0.5, 0.6) is 0 Å². The van der Waals surface area contributed by atoms with Gasteiger partial charge in [-0.3, -0.25) is 4.79 Å². The number of hydrogen-bond donors (Lipinski definition) is 2. The molecule has 0 aliphatic heterocycles. The highest BCUT2D eigenvalue weighted by atomic mass is 16.5. The molecule has 0 saturated heterocycles. The van der Waals surface area contributed by atoms with Crippen LogP contribution in [0.4, 0.5) is 4.79 Å². The molecule has 1 amide bonds. The summed E-state index contributed by atoms with van der Waals surface area (Å²) in [7, 11) is 0. The zero-order chi connectivity index (χ0) is 16.5. The Bertz CT molecular complexity index is 473. The Morgan fingerprint density at radius 3 is 2.36 bits per heavy atom. The number of nitrogens with one attached hydrogen (secondary N) is 1. The minimum Gasteiger partial charge on any atom is -0.481 e. The van der Waals surface area contributed by atoms with E-state index in [2.05, 4.69) is 19.2 Å². The van der Waals surface area contributed by atoms with Crippen molar-refractivity contribution in [2.75, 3.05) is 0 Å². The first-order chi connectivity index (χ1) is 10.4. The highest BCUT2D eigenvalue weighted by molar-refractivity contribution is 5.71. The molecule has 0 saturated carbocycles. The normalized spacial score (nSPS) is 13.5. The first-order valence-electron chi connectivity index (χ1n) is 7.57. The Balaban J connectivity index is 2.52. The Morgan fingerprint density at radius 2 is 1.82 bits per heavy atom. The maximum atomic E-state index is 11.9. The Hall–Kier alpha value is -2.04. The molecule has 0 fully saturated rings.